The molecule has 31 heavy (non-hydrogen) atoms. The highest BCUT2D eigenvalue weighted by Gasteiger charge is 2.29. The first kappa shape index (κ1) is 21.2. The molecule has 5 nitrogen and oxygen atoms in total. The number of halogens is 1. The number of benzene rings is 2. The van der Waals surface area contributed by atoms with E-state index in [0.717, 1.165) is 47.7 Å². The minimum atomic E-state index is -0.272. The predicted molar refractivity (Wildman–Crippen MR) is 120 cm³/mol. The Morgan fingerprint density at radius 1 is 1.19 bits per heavy atom. The summed E-state index contributed by atoms with van der Waals surface area (Å²) in [5, 5.41) is 4.82. The number of likely N-dealkylation sites (tertiary alicyclic amines) is 1. The molecule has 1 aromatic heterocycles. The lowest BCUT2D eigenvalue weighted by molar-refractivity contribution is -0.127. The van der Waals surface area contributed by atoms with Crippen LogP contribution >= 0.6 is 0 Å². The number of carbonyl (C=O) groups excluding carboxylic acids is 1. The fraction of sp³-hybridized carbons (Fsp3) is 0.360. The van der Waals surface area contributed by atoms with Gasteiger partial charge in [-0.25, -0.2) is 9.07 Å². The Hall–Kier alpha value is -2.99. The van der Waals surface area contributed by atoms with Gasteiger partial charge in [0.25, 0.3) is 0 Å². The second-order valence-corrected chi connectivity index (χ2v) is 8.50. The van der Waals surface area contributed by atoms with Crippen molar-refractivity contribution in [2.45, 2.75) is 26.8 Å². The van der Waals surface area contributed by atoms with Gasteiger partial charge in [-0.1, -0.05) is 24.3 Å². The third-order valence-corrected chi connectivity index (χ3v) is 5.84. The molecule has 1 amide bonds. The van der Waals surface area contributed by atoms with Crippen LogP contribution in [0.25, 0.3) is 16.9 Å². The molecule has 2 heterocycles. The minimum Gasteiger partial charge on any atom is -0.343 e. The van der Waals surface area contributed by atoms with Crippen LogP contribution in [-0.4, -0.2) is 52.2 Å². The van der Waals surface area contributed by atoms with Crippen LogP contribution in [0.2, 0.25) is 0 Å². The van der Waals surface area contributed by atoms with Gasteiger partial charge in [-0.05, 0) is 56.6 Å². The Morgan fingerprint density at radius 2 is 2.00 bits per heavy atom. The van der Waals surface area contributed by atoms with Gasteiger partial charge in [0.05, 0.1) is 11.4 Å². The van der Waals surface area contributed by atoms with Crippen molar-refractivity contribution in [3.05, 3.63) is 71.7 Å². The van der Waals surface area contributed by atoms with E-state index in [9.17, 15) is 9.18 Å². The zero-order valence-electron chi connectivity index (χ0n) is 18.4. The average molecular weight is 421 g/mol. The normalized spacial score (nSPS) is 16.5. The molecule has 1 saturated heterocycles. The molecule has 0 bridgehead atoms. The Bertz CT molecular complexity index is 1080. The predicted octanol–water partition coefficient (Wildman–Crippen LogP) is 4.29. The molecule has 0 spiro atoms. The summed E-state index contributed by atoms with van der Waals surface area (Å²) in [4.78, 5) is 16.2. The topological polar surface area (TPSA) is 41.4 Å². The molecule has 0 radical (unpaired) electrons. The van der Waals surface area contributed by atoms with Crippen LogP contribution in [0.3, 0.4) is 0 Å². The first-order valence-corrected chi connectivity index (χ1v) is 10.8. The van der Waals surface area contributed by atoms with Gasteiger partial charge in [-0.3, -0.25) is 4.79 Å². The van der Waals surface area contributed by atoms with Gasteiger partial charge in [-0.15, -0.1) is 0 Å². The van der Waals surface area contributed by atoms with Crippen molar-refractivity contribution in [1.29, 1.82) is 0 Å². The van der Waals surface area contributed by atoms with Gasteiger partial charge in [0, 0.05) is 49.9 Å². The summed E-state index contributed by atoms with van der Waals surface area (Å²) in [5.41, 5.74) is 4.72. The molecule has 1 fully saturated rings. The van der Waals surface area contributed by atoms with E-state index in [-0.39, 0.29) is 11.7 Å². The van der Waals surface area contributed by atoms with Crippen LogP contribution in [0.4, 0.5) is 4.39 Å². The molecule has 0 aliphatic carbocycles. The van der Waals surface area contributed by atoms with E-state index >= 15 is 0 Å². The van der Waals surface area contributed by atoms with Crippen molar-refractivity contribution in [2.24, 2.45) is 5.92 Å². The minimum absolute atomic E-state index is 0.244. The SMILES string of the molecule is CCN1C[C@H](CN(C)Cc2cn(-c3cccc(C)c3)nc2-c2cccc(F)c2)CC1=O. The third kappa shape index (κ3) is 4.85. The first-order chi connectivity index (χ1) is 14.9. The van der Waals surface area contributed by atoms with E-state index in [2.05, 4.69) is 31.0 Å². The van der Waals surface area contributed by atoms with Gasteiger partial charge >= 0.3 is 0 Å². The van der Waals surface area contributed by atoms with E-state index in [1.165, 1.54) is 12.1 Å². The van der Waals surface area contributed by atoms with Crippen LogP contribution in [0.15, 0.2) is 54.7 Å². The second-order valence-electron chi connectivity index (χ2n) is 8.50. The van der Waals surface area contributed by atoms with E-state index in [4.69, 9.17) is 5.10 Å². The third-order valence-electron chi connectivity index (χ3n) is 5.84. The highest BCUT2D eigenvalue weighted by Crippen LogP contribution is 2.26. The van der Waals surface area contributed by atoms with Crippen LogP contribution in [0.1, 0.15) is 24.5 Å². The summed E-state index contributed by atoms with van der Waals surface area (Å²) < 4.78 is 15.8. The Morgan fingerprint density at radius 3 is 2.71 bits per heavy atom. The zero-order valence-corrected chi connectivity index (χ0v) is 18.4. The van der Waals surface area contributed by atoms with Gasteiger partial charge < -0.3 is 9.80 Å². The molecule has 0 N–H and O–H groups in total. The molecule has 6 heteroatoms. The van der Waals surface area contributed by atoms with Crippen molar-refractivity contribution < 1.29 is 9.18 Å². The van der Waals surface area contributed by atoms with E-state index in [0.29, 0.717) is 18.9 Å². The molecule has 1 aliphatic heterocycles. The molecule has 0 saturated carbocycles. The van der Waals surface area contributed by atoms with Crippen LogP contribution < -0.4 is 0 Å². The van der Waals surface area contributed by atoms with Gasteiger partial charge in [-0.2, -0.15) is 5.10 Å². The highest BCUT2D eigenvalue weighted by molar-refractivity contribution is 5.78. The molecular weight excluding hydrogens is 391 g/mol. The summed E-state index contributed by atoms with van der Waals surface area (Å²) in [6.07, 6.45) is 2.64. The number of hydrogen-bond acceptors (Lipinski definition) is 3. The number of hydrogen-bond donors (Lipinski definition) is 0. The lowest BCUT2D eigenvalue weighted by atomic mass is 10.1. The fourth-order valence-electron chi connectivity index (χ4n) is 4.38. The van der Waals surface area contributed by atoms with Gasteiger partial charge in [0.15, 0.2) is 0 Å². The number of carbonyl (C=O) groups is 1. The molecular formula is C25H29FN4O. The zero-order chi connectivity index (χ0) is 22.0. The maximum atomic E-state index is 13.9. The number of amides is 1. The molecule has 3 aromatic rings. The van der Waals surface area contributed by atoms with Crippen molar-refractivity contribution in [1.82, 2.24) is 19.6 Å². The van der Waals surface area contributed by atoms with Crippen molar-refractivity contribution >= 4 is 5.91 Å². The maximum Gasteiger partial charge on any atom is 0.222 e. The van der Waals surface area contributed by atoms with Crippen molar-refractivity contribution in [3.8, 4) is 16.9 Å². The lowest BCUT2D eigenvalue weighted by Crippen LogP contribution is -2.28. The molecule has 4 rings (SSSR count). The van der Waals surface area contributed by atoms with Gasteiger partial charge in [0.2, 0.25) is 5.91 Å². The summed E-state index contributed by atoms with van der Waals surface area (Å²) in [6.45, 7) is 7.17. The largest absolute Gasteiger partial charge is 0.343 e. The van der Waals surface area contributed by atoms with Gasteiger partial charge in [0.1, 0.15) is 5.82 Å². The fourth-order valence-corrected chi connectivity index (χ4v) is 4.38. The number of rotatable bonds is 7. The number of nitrogens with zero attached hydrogens (tertiary/aromatic N) is 4. The molecule has 162 valence electrons. The highest BCUT2D eigenvalue weighted by atomic mass is 19.1. The number of aryl methyl sites for hydroxylation is 1. The summed E-state index contributed by atoms with van der Waals surface area (Å²) in [5.74, 6) is 0.307. The van der Waals surface area contributed by atoms with E-state index < -0.39 is 0 Å². The summed E-state index contributed by atoms with van der Waals surface area (Å²) >= 11 is 0. The van der Waals surface area contributed by atoms with Crippen molar-refractivity contribution in [3.63, 3.8) is 0 Å². The van der Waals surface area contributed by atoms with Crippen LogP contribution in [0.5, 0.6) is 0 Å². The molecule has 1 aliphatic rings. The second kappa shape index (κ2) is 9.02. The summed E-state index contributed by atoms with van der Waals surface area (Å²) in [6, 6.07) is 14.8. The molecule has 2 aromatic carbocycles. The average Bonchev–Trinajstić information content (AvgIpc) is 3.31. The Labute approximate surface area is 183 Å². The van der Waals surface area contributed by atoms with Crippen LogP contribution in [0, 0.1) is 18.7 Å². The molecule has 1 atom stereocenters. The smallest absolute Gasteiger partial charge is 0.222 e. The first-order valence-electron chi connectivity index (χ1n) is 10.8. The Kier molecular flexibility index (Phi) is 6.18. The summed E-state index contributed by atoms with van der Waals surface area (Å²) in [7, 11) is 2.07. The van der Waals surface area contributed by atoms with E-state index in [1.807, 2.05) is 40.9 Å². The van der Waals surface area contributed by atoms with Crippen molar-refractivity contribution in [2.75, 3.05) is 26.7 Å². The molecule has 0 unspecified atom stereocenters. The van der Waals surface area contributed by atoms with E-state index in [1.54, 1.807) is 6.07 Å². The standard InChI is InChI=1S/C25H29FN4O/c1-4-29-15-19(12-24(29)31)14-28(3)16-21-17-30(23-10-5-7-18(2)11-23)27-25(21)20-8-6-9-22(26)13-20/h5-11,13,17,19H,4,12,14-16H2,1-3H3/t19-/m0/s1. The number of aromatic nitrogens is 2. The maximum absolute atomic E-state index is 13.9. The monoisotopic (exact) mass is 420 g/mol. The lowest BCUT2D eigenvalue weighted by Gasteiger charge is -2.21. The van der Waals surface area contributed by atoms with Crippen LogP contribution in [-0.2, 0) is 11.3 Å². The quantitative estimate of drug-likeness (QED) is 0.573. The Balaban J connectivity index is 1.60.